The van der Waals surface area contributed by atoms with Crippen LogP contribution in [0.15, 0.2) is 0 Å². The number of hydrogen-bond acceptors (Lipinski definition) is 3. The largest absolute Gasteiger partial charge is 0.314 e. The van der Waals surface area contributed by atoms with Gasteiger partial charge in [0.15, 0.2) is 0 Å². The maximum atomic E-state index is 4.58. The highest BCUT2D eigenvalue weighted by atomic mass is 15.3. The third-order valence-electron chi connectivity index (χ3n) is 3.12. The first-order valence-electron chi connectivity index (χ1n) is 6.44. The molecule has 0 unspecified atom stereocenters. The molecule has 0 aliphatic heterocycles. The molecule has 1 aromatic heterocycles. The van der Waals surface area contributed by atoms with Gasteiger partial charge in [0.25, 0.3) is 0 Å². The summed E-state index contributed by atoms with van der Waals surface area (Å²) in [7, 11) is 4.19. The van der Waals surface area contributed by atoms with Crippen molar-refractivity contribution in [1.82, 2.24) is 20.0 Å². The highest BCUT2D eigenvalue weighted by Crippen LogP contribution is 2.12. The van der Waals surface area contributed by atoms with Gasteiger partial charge in [-0.05, 0) is 39.9 Å². The van der Waals surface area contributed by atoms with Crippen LogP contribution in [-0.4, -0.2) is 48.4 Å². The lowest BCUT2D eigenvalue weighted by Gasteiger charge is -2.10. The zero-order valence-electron chi connectivity index (χ0n) is 11.9. The fourth-order valence-electron chi connectivity index (χ4n) is 2.08. The zero-order chi connectivity index (χ0) is 12.8. The molecule has 0 aliphatic carbocycles. The van der Waals surface area contributed by atoms with Crippen LogP contribution < -0.4 is 5.32 Å². The van der Waals surface area contributed by atoms with Crippen LogP contribution in [-0.2, 0) is 13.0 Å². The Morgan fingerprint density at radius 2 is 1.94 bits per heavy atom. The van der Waals surface area contributed by atoms with Gasteiger partial charge < -0.3 is 10.2 Å². The van der Waals surface area contributed by atoms with Gasteiger partial charge in [0, 0.05) is 25.3 Å². The third kappa shape index (κ3) is 4.13. The van der Waals surface area contributed by atoms with Crippen molar-refractivity contribution in [3.05, 3.63) is 17.0 Å². The fraction of sp³-hybridized carbons (Fsp3) is 0.769. The van der Waals surface area contributed by atoms with Crippen molar-refractivity contribution in [2.24, 2.45) is 0 Å². The average Bonchev–Trinajstić information content (AvgIpc) is 2.53. The lowest BCUT2D eigenvalue weighted by molar-refractivity contribution is 0.396. The monoisotopic (exact) mass is 238 g/mol. The molecule has 0 aliphatic rings. The van der Waals surface area contributed by atoms with Crippen LogP contribution in [0.2, 0.25) is 0 Å². The molecule has 0 radical (unpaired) electrons. The molecule has 0 amide bonds. The lowest BCUT2D eigenvalue weighted by Crippen LogP contribution is -2.29. The first-order valence-corrected chi connectivity index (χ1v) is 6.44. The van der Waals surface area contributed by atoms with Crippen molar-refractivity contribution in [2.45, 2.75) is 33.7 Å². The number of aromatic nitrogens is 2. The Labute approximate surface area is 105 Å². The van der Waals surface area contributed by atoms with E-state index < -0.39 is 0 Å². The number of nitrogens with zero attached hydrogens (tertiary/aromatic N) is 3. The van der Waals surface area contributed by atoms with Gasteiger partial charge in [-0.25, -0.2) is 0 Å². The summed E-state index contributed by atoms with van der Waals surface area (Å²) in [4.78, 5) is 2.19. The van der Waals surface area contributed by atoms with Crippen LogP contribution in [0.4, 0.5) is 0 Å². The number of aryl methyl sites for hydroxylation is 1. The molecule has 0 bridgehead atoms. The third-order valence-corrected chi connectivity index (χ3v) is 3.12. The van der Waals surface area contributed by atoms with Gasteiger partial charge >= 0.3 is 0 Å². The van der Waals surface area contributed by atoms with E-state index >= 15 is 0 Å². The molecule has 0 saturated carbocycles. The summed E-state index contributed by atoms with van der Waals surface area (Å²) in [6.07, 6.45) is 1.08. The second-order valence-corrected chi connectivity index (χ2v) is 4.78. The van der Waals surface area contributed by atoms with E-state index in [0.717, 1.165) is 32.6 Å². The summed E-state index contributed by atoms with van der Waals surface area (Å²) in [6.45, 7) is 10.5. The predicted molar refractivity (Wildman–Crippen MR) is 72.5 cm³/mol. The SMILES string of the molecule is CCc1c(C)nn(CCNCCN(C)C)c1C. The second-order valence-electron chi connectivity index (χ2n) is 4.78. The smallest absolute Gasteiger partial charge is 0.0628 e. The molecule has 98 valence electrons. The van der Waals surface area contributed by atoms with Crippen molar-refractivity contribution >= 4 is 0 Å². The summed E-state index contributed by atoms with van der Waals surface area (Å²) in [5, 5.41) is 8.02. The van der Waals surface area contributed by atoms with Crippen molar-refractivity contribution in [3.8, 4) is 0 Å². The van der Waals surface area contributed by atoms with Gasteiger partial charge in [-0.1, -0.05) is 6.92 Å². The van der Waals surface area contributed by atoms with E-state index in [-0.39, 0.29) is 0 Å². The van der Waals surface area contributed by atoms with E-state index in [2.05, 4.69) is 54.9 Å². The van der Waals surface area contributed by atoms with Gasteiger partial charge in [0.05, 0.1) is 12.2 Å². The van der Waals surface area contributed by atoms with Crippen molar-refractivity contribution in [3.63, 3.8) is 0 Å². The number of likely N-dealkylation sites (N-methyl/N-ethyl adjacent to an activating group) is 1. The summed E-state index contributed by atoms with van der Waals surface area (Å²) in [5.41, 5.74) is 3.90. The van der Waals surface area contributed by atoms with E-state index in [4.69, 9.17) is 0 Å². The summed E-state index contributed by atoms with van der Waals surface area (Å²) < 4.78 is 2.12. The van der Waals surface area contributed by atoms with Gasteiger partial charge in [0.2, 0.25) is 0 Å². The molecule has 17 heavy (non-hydrogen) atoms. The Hall–Kier alpha value is -0.870. The zero-order valence-corrected chi connectivity index (χ0v) is 11.9. The molecule has 4 heteroatoms. The molecule has 1 heterocycles. The van der Waals surface area contributed by atoms with Crippen LogP contribution >= 0.6 is 0 Å². The van der Waals surface area contributed by atoms with E-state index in [1.165, 1.54) is 17.0 Å². The minimum absolute atomic E-state index is 0.958. The Bertz CT molecular complexity index is 341. The van der Waals surface area contributed by atoms with E-state index in [0.29, 0.717) is 0 Å². The molecular formula is C13H26N4. The Kier molecular flexibility index (Phi) is 5.65. The first-order chi connectivity index (χ1) is 8.06. The molecule has 0 fully saturated rings. The lowest BCUT2D eigenvalue weighted by atomic mass is 10.1. The average molecular weight is 238 g/mol. The van der Waals surface area contributed by atoms with Crippen molar-refractivity contribution in [1.29, 1.82) is 0 Å². The summed E-state index contributed by atoms with van der Waals surface area (Å²) >= 11 is 0. The van der Waals surface area contributed by atoms with Crippen LogP contribution in [0, 0.1) is 13.8 Å². The Morgan fingerprint density at radius 3 is 2.47 bits per heavy atom. The van der Waals surface area contributed by atoms with Gasteiger partial charge in [-0.3, -0.25) is 4.68 Å². The van der Waals surface area contributed by atoms with Crippen LogP contribution in [0.3, 0.4) is 0 Å². The van der Waals surface area contributed by atoms with Gasteiger partial charge in [-0.15, -0.1) is 0 Å². The normalized spacial score (nSPS) is 11.4. The minimum Gasteiger partial charge on any atom is -0.314 e. The van der Waals surface area contributed by atoms with E-state index in [9.17, 15) is 0 Å². The molecule has 1 rings (SSSR count). The summed E-state index contributed by atoms with van der Waals surface area (Å²) in [6, 6.07) is 0. The molecule has 1 aromatic rings. The maximum Gasteiger partial charge on any atom is 0.0628 e. The first kappa shape index (κ1) is 14.2. The molecule has 0 spiro atoms. The van der Waals surface area contributed by atoms with Crippen molar-refractivity contribution in [2.75, 3.05) is 33.7 Å². The minimum atomic E-state index is 0.958. The number of rotatable bonds is 7. The highest BCUT2D eigenvalue weighted by molar-refractivity contribution is 5.24. The van der Waals surface area contributed by atoms with Crippen molar-refractivity contribution < 1.29 is 0 Å². The number of hydrogen-bond donors (Lipinski definition) is 1. The molecule has 0 atom stereocenters. The van der Waals surface area contributed by atoms with Crippen LogP contribution in [0.25, 0.3) is 0 Å². The molecule has 1 N–H and O–H groups in total. The predicted octanol–water partition coefficient (Wildman–Crippen LogP) is 1.21. The van der Waals surface area contributed by atoms with E-state index in [1.54, 1.807) is 0 Å². The molecule has 4 nitrogen and oxygen atoms in total. The fourth-order valence-corrected chi connectivity index (χ4v) is 2.08. The van der Waals surface area contributed by atoms with Crippen LogP contribution in [0.1, 0.15) is 23.9 Å². The summed E-state index contributed by atoms with van der Waals surface area (Å²) in [5.74, 6) is 0. The number of nitrogens with one attached hydrogen (secondary N) is 1. The molecular weight excluding hydrogens is 212 g/mol. The Morgan fingerprint density at radius 1 is 1.24 bits per heavy atom. The molecule has 0 saturated heterocycles. The maximum absolute atomic E-state index is 4.58. The molecule has 0 aromatic carbocycles. The van der Waals surface area contributed by atoms with E-state index in [1.807, 2.05) is 0 Å². The Balaban J connectivity index is 2.37. The van der Waals surface area contributed by atoms with Crippen LogP contribution in [0.5, 0.6) is 0 Å². The van der Waals surface area contributed by atoms with Gasteiger partial charge in [-0.2, -0.15) is 5.10 Å². The second kappa shape index (κ2) is 6.77. The standard InChI is InChI=1S/C13H26N4/c1-6-13-11(2)15-17(12(13)3)10-8-14-7-9-16(4)5/h14H,6-10H2,1-5H3. The topological polar surface area (TPSA) is 33.1 Å². The highest BCUT2D eigenvalue weighted by Gasteiger charge is 2.08. The quantitative estimate of drug-likeness (QED) is 0.725. The van der Waals surface area contributed by atoms with Gasteiger partial charge in [0.1, 0.15) is 0 Å².